The number of rotatable bonds is 2. The van der Waals surface area contributed by atoms with Crippen molar-refractivity contribution in [2.45, 2.75) is 26.7 Å². The quantitative estimate of drug-likeness (QED) is 0.657. The second-order valence-electron chi connectivity index (χ2n) is 4.24. The molecule has 0 aromatic carbocycles. The second-order valence-corrected chi connectivity index (χ2v) is 4.24. The molecule has 1 aliphatic rings. The van der Waals surface area contributed by atoms with Crippen LogP contribution in [-0.4, -0.2) is 26.2 Å². The van der Waals surface area contributed by atoms with E-state index in [4.69, 9.17) is 4.74 Å². The molecule has 3 heteroatoms. The molecule has 13 heavy (non-hydrogen) atoms. The van der Waals surface area contributed by atoms with Crippen LogP contribution in [0.4, 0.5) is 0 Å². The Morgan fingerprint density at radius 3 is 2.38 bits per heavy atom. The number of ether oxygens (including phenoxy) is 1. The summed E-state index contributed by atoms with van der Waals surface area (Å²) in [6.45, 7) is 6.00. The maximum atomic E-state index is 11.5. The Kier molecular flexibility index (Phi) is 3.31. The van der Waals surface area contributed by atoms with E-state index in [9.17, 15) is 4.79 Å². The number of hydrogen-bond donors (Lipinski definition) is 1. The highest BCUT2D eigenvalue weighted by atomic mass is 16.5. The maximum Gasteiger partial charge on any atom is 0.311 e. The summed E-state index contributed by atoms with van der Waals surface area (Å²) in [6, 6.07) is 0. The summed E-state index contributed by atoms with van der Waals surface area (Å²) in [5, 5.41) is 3.29. The van der Waals surface area contributed by atoms with E-state index in [2.05, 4.69) is 5.32 Å². The van der Waals surface area contributed by atoms with Crippen LogP contribution in [0.5, 0.6) is 0 Å². The fourth-order valence-electron chi connectivity index (χ4n) is 1.97. The van der Waals surface area contributed by atoms with Crippen LogP contribution in [0, 0.1) is 11.3 Å². The predicted molar refractivity (Wildman–Crippen MR) is 51.4 cm³/mol. The lowest BCUT2D eigenvalue weighted by atomic mass is 9.74. The molecular formula is C10H19NO2. The van der Waals surface area contributed by atoms with Gasteiger partial charge in [-0.2, -0.15) is 0 Å². The number of esters is 1. The Bertz CT molecular complexity index is 183. The lowest BCUT2D eigenvalue weighted by molar-refractivity contribution is -0.154. The third kappa shape index (κ3) is 2.21. The number of piperidine rings is 1. The molecule has 0 bridgehead atoms. The van der Waals surface area contributed by atoms with E-state index in [1.807, 2.05) is 13.8 Å². The molecule has 0 spiro atoms. The minimum absolute atomic E-state index is 0.0839. The zero-order valence-corrected chi connectivity index (χ0v) is 8.72. The van der Waals surface area contributed by atoms with Crippen molar-refractivity contribution >= 4 is 5.97 Å². The summed E-state index contributed by atoms with van der Waals surface area (Å²) >= 11 is 0. The molecule has 1 aliphatic heterocycles. The zero-order valence-electron chi connectivity index (χ0n) is 8.72. The maximum absolute atomic E-state index is 11.5. The lowest BCUT2D eigenvalue weighted by Gasteiger charge is -2.34. The molecule has 1 rings (SSSR count). The zero-order chi connectivity index (χ0) is 9.90. The molecular weight excluding hydrogens is 166 g/mol. The van der Waals surface area contributed by atoms with Crippen molar-refractivity contribution in [3.8, 4) is 0 Å². The molecule has 76 valence electrons. The van der Waals surface area contributed by atoms with Crippen molar-refractivity contribution in [3.63, 3.8) is 0 Å². The summed E-state index contributed by atoms with van der Waals surface area (Å²) in [5.41, 5.74) is -0.323. The molecule has 0 radical (unpaired) electrons. The van der Waals surface area contributed by atoms with Gasteiger partial charge in [0.2, 0.25) is 0 Å². The van der Waals surface area contributed by atoms with Gasteiger partial charge in [-0.1, -0.05) is 0 Å². The molecule has 1 heterocycles. The van der Waals surface area contributed by atoms with Crippen molar-refractivity contribution in [2.75, 3.05) is 20.2 Å². The molecule has 0 atom stereocenters. The second kappa shape index (κ2) is 4.09. The van der Waals surface area contributed by atoms with Gasteiger partial charge in [0.15, 0.2) is 0 Å². The fraction of sp³-hybridized carbons (Fsp3) is 0.900. The molecule has 1 N–H and O–H groups in total. The van der Waals surface area contributed by atoms with E-state index in [0.29, 0.717) is 5.92 Å². The first-order valence-corrected chi connectivity index (χ1v) is 4.88. The Morgan fingerprint density at radius 1 is 1.38 bits per heavy atom. The number of carbonyl (C=O) groups is 1. The predicted octanol–water partition coefficient (Wildman–Crippen LogP) is 1.19. The molecule has 3 nitrogen and oxygen atoms in total. The van der Waals surface area contributed by atoms with Gasteiger partial charge >= 0.3 is 5.97 Å². The average Bonchev–Trinajstić information content (AvgIpc) is 2.18. The van der Waals surface area contributed by atoms with Crippen LogP contribution in [0.25, 0.3) is 0 Å². The van der Waals surface area contributed by atoms with E-state index in [-0.39, 0.29) is 11.4 Å². The largest absolute Gasteiger partial charge is 0.469 e. The van der Waals surface area contributed by atoms with Crippen LogP contribution in [0.1, 0.15) is 26.7 Å². The van der Waals surface area contributed by atoms with Gasteiger partial charge in [0, 0.05) is 0 Å². The van der Waals surface area contributed by atoms with E-state index < -0.39 is 0 Å². The van der Waals surface area contributed by atoms with Crippen LogP contribution < -0.4 is 5.32 Å². The van der Waals surface area contributed by atoms with Gasteiger partial charge in [0.05, 0.1) is 12.5 Å². The Labute approximate surface area is 79.8 Å². The first-order chi connectivity index (χ1) is 6.09. The fourth-order valence-corrected chi connectivity index (χ4v) is 1.97. The summed E-state index contributed by atoms with van der Waals surface area (Å²) in [4.78, 5) is 11.5. The Balaban J connectivity index is 2.60. The molecule has 0 amide bonds. The lowest BCUT2D eigenvalue weighted by Crippen LogP contribution is -2.40. The smallest absolute Gasteiger partial charge is 0.311 e. The summed E-state index contributed by atoms with van der Waals surface area (Å²) < 4.78 is 4.81. The van der Waals surface area contributed by atoms with Gasteiger partial charge in [-0.05, 0) is 45.7 Å². The molecule has 0 saturated carbocycles. The first-order valence-electron chi connectivity index (χ1n) is 4.88. The van der Waals surface area contributed by atoms with E-state index >= 15 is 0 Å². The highest BCUT2D eigenvalue weighted by Crippen LogP contribution is 2.34. The molecule has 1 saturated heterocycles. The molecule has 1 fully saturated rings. The van der Waals surface area contributed by atoms with E-state index in [1.165, 1.54) is 7.11 Å². The highest BCUT2D eigenvalue weighted by Gasteiger charge is 2.37. The van der Waals surface area contributed by atoms with Crippen LogP contribution >= 0.6 is 0 Å². The molecule has 0 aliphatic carbocycles. The number of hydrogen-bond acceptors (Lipinski definition) is 3. The molecule has 0 aromatic heterocycles. The van der Waals surface area contributed by atoms with Crippen molar-refractivity contribution in [1.29, 1.82) is 0 Å². The van der Waals surface area contributed by atoms with Gasteiger partial charge in [-0.15, -0.1) is 0 Å². The standard InChI is InChI=1S/C10H19NO2/c1-10(2,9(12)13-3)8-4-6-11-7-5-8/h8,11H,4-7H2,1-3H3. The van der Waals surface area contributed by atoms with Gasteiger partial charge in [0.1, 0.15) is 0 Å². The van der Waals surface area contributed by atoms with Gasteiger partial charge in [-0.25, -0.2) is 0 Å². The SMILES string of the molecule is COC(=O)C(C)(C)C1CCNCC1. The Morgan fingerprint density at radius 2 is 1.92 bits per heavy atom. The van der Waals surface area contributed by atoms with Crippen molar-refractivity contribution in [2.24, 2.45) is 11.3 Å². The summed E-state index contributed by atoms with van der Waals surface area (Å²) in [6.07, 6.45) is 2.14. The van der Waals surface area contributed by atoms with Crippen LogP contribution in [0.2, 0.25) is 0 Å². The Hall–Kier alpha value is -0.570. The van der Waals surface area contributed by atoms with Gasteiger partial charge in [-0.3, -0.25) is 4.79 Å². The number of methoxy groups -OCH3 is 1. The van der Waals surface area contributed by atoms with Gasteiger partial charge in [0.25, 0.3) is 0 Å². The first kappa shape index (κ1) is 10.5. The van der Waals surface area contributed by atoms with Crippen molar-refractivity contribution < 1.29 is 9.53 Å². The van der Waals surface area contributed by atoms with Crippen LogP contribution in [-0.2, 0) is 9.53 Å². The third-order valence-electron chi connectivity index (χ3n) is 3.07. The average molecular weight is 185 g/mol. The summed E-state index contributed by atoms with van der Waals surface area (Å²) in [5.74, 6) is 0.376. The highest BCUT2D eigenvalue weighted by molar-refractivity contribution is 5.76. The van der Waals surface area contributed by atoms with Crippen LogP contribution in [0.15, 0.2) is 0 Å². The van der Waals surface area contributed by atoms with Gasteiger partial charge < -0.3 is 10.1 Å². The van der Waals surface area contributed by atoms with Crippen molar-refractivity contribution in [1.82, 2.24) is 5.32 Å². The molecule has 0 aromatic rings. The van der Waals surface area contributed by atoms with E-state index in [1.54, 1.807) is 0 Å². The number of nitrogens with one attached hydrogen (secondary N) is 1. The minimum Gasteiger partial charge on any atom is -0.469 e. The molecule has 0 unspecified atom stereocenters. The van der Waals surface area contributed by atoms with Crippen LogP contribution in [0.3, 0.4) is 0 Å². The third-order valence-corrected chi connectivity index (χ3v) is 3.07. The topological polar surface area (TPSA) is 38.3 Å². The van der Waals surface area contributed by atoms with E-state index in [0.717, 1.165) is 25.9 Å². The monoisotopic (exact) mass is 185 g/mol. The minimum atomic E-state index is -0.323. The summed E-state index contributed by atoms with van der Waals surface area (Å²) in [7, 11) is 1.46. The van der Waals surface area contributed by atoms with Crippen molar-refractivity contribution in [3.05, 3.63) is 0 Å². The normalized spacial score (nSPS) is 19.9. The number of carbonyl (C=O) groups excluding carboxylic acids is 1.